The van der Waals surface area contributed by atoms with E-state index in [9.17, 15) is 13.6 Å². The minimum Gasteiger partial charge on any atom is -0.496 e. The van der Waals surface area contributed by atoms with Gasteiger partial charge in [0.05, 0.1) is 12.1 Å². The van der Waals surface area contributed by atoms with Gasteiger partial charge in [0.2, 0.25) is 5.95 Å². The van der Waals surface area contributed by atoms with Crippen molar-refractivity contribution in [3.63, 3.8) is 0 Å². The van der Waals surface area contributed by atoms with Crippen LogP contribution in [0.2, 0.25) is 5.02 Å². The van der Waals surface area contributed by atoms with Gasteiger partial charge in [-0.1, -0.05) is 43.0 Å². The first-order valence-corrected chi connectivity index (χ1v) is 13.7. The minimum absolute atomic E-state index is 0.0959. The third kappa shape index (κ3) is 6.67. The molecule has 2 N–H and O–H groups in total. The molecule has 4 aromatic rings. The van der Waals surface area contributed by atoms with E-state index in [0.29, 0.717) is 21.6 Å². The van der Waals surface area contributed by atoms with Gasteiger partial charge in [-0.05, 0) is 61.3 Å². The predicted octanol–water partition coefficient (Wildman–Crippen LogP) is 7.37. The molecule has 0 radical (unpaired) electrons. The second-order valence-electron chi connectivity index (χ2n) is 9.06. The molecular weight excluding hydrogens is 528 g/mol. The zero-order valence-electron chi connectivity index (χ0n) is 21.3. The lowest BCUT2D eigenvalue weighted by Crippen LogP contribution is -2.26. The first-order valence-electron chi connectivity index (χ1n) is 12.5. The molecule has 0 aliphatic heterocycles. The number of halogens is 3. The highest BCUT2D eigenvalue weighted by Gasteiger charge is 2.20. The minimum atomic E-state index is -0.579. The van der Waals surface area contributed by atoms with Crippen molar-refractivity contribution in [3.05, 3.63) is 82.0 Å². The summed E-state index contributed by atoms with van der Waals surface area (Å²) in [5.74, 6) is -0.887. The Hall–Kier alpha value is -3.07. The van der Waals surface area contributed by atoms with Crippen LogP contribution in [-0.4, -0.2) is 31.1 Å². The molecule has 5 nitrogen and oxygen atoms in total. The van der Waals surface area contributed by atoms with Gasteiger partial charge in [0.1, 0.15) is 16.4 Å². The van der Waals surface area contributed by atoms with Crippen LogP contribution in [0.5, 0.6) is 5.75 Å². The number of methoxy groups -OCH3 is 1. The fraction of sp³-hybridized carbons (Fsp3) is 0.310. The van der Waals surface area contributed by atoms with Crippen LogP contribution in [0.4, 0.5) is 8.78 Å². The quantitative estimate of drug-likeness (QED) is 0.243. The first kappa shape index (κ1) is 28.0. The number of carbonyl (C=O) groups excluding carboxylic acids is 1. The molecule has 9 heteroatoms. The number of nitrogens with zero attached hydrogens (tertiary/aromatic N) is 1. The van der Waals surface area contributed by atoms with Crippen molar-refractivity contribution in [3.8, 4) is 16.9 Å². The van der Waals surface area contributed by atoms with Crippen LogP contribution in [0.15, 0.2) is 54.7 Å². The normalized spacial score (nSPS) is 13.6. The van der Waals surface area contributed by atoms with Gasteiger partial charge in [-0.15, -0.1) is 11.3 Å². The van der Waals surface area contributed by atoms with Crippen LogP contribution < -0.4 is 15.4 Å². The van der Waals surface area contributed by atoms with E-state index in [0.717, 1.165) is 22.9 Å². The van der Waals surface area contributed by atoms with Gasteiger partial charge in [0.25, 0.3) is 5.91 Å². The molecule has 38 heavy (non-hydrogen) atoms. The highest BCUT2D eigenvalue weighted by atomic mass is 35.5. The number of ether oxygens (including phenoxy) is 1. The van der Waals surface area contributed by atoms with Gasteiger partial charge in [-0.3, -0.25) is 4.79 Å². The van der Waals surface area contributed by atoms with Crippen LogP contribution in [0.1, 0.15) is 47.3 Å². The molecule has 0 unspecified atom stereocenters. The van der Waals surface area contributed by atoms with Crippen molar-refractivity contribution < 1.29 is 18.3 Å². The Labute approximate surface area is 230 Å². The van der Waals surface area contributed by atoms with E-state index in [2.05, 4.69) is 22.7 Å². The van der Waals surface area contributed by atoms with Crippen LogP contribution >= 0.6 is 22.9 Å². The van der Waals surface area contributed by atoms with E-state index >= 15 is 0 Å². The van der Waals surface area contributed by atoms with Crippen molar-refractivity contribution in [2.75, 3.05) is 14.2 Å². The summed E-state index contributed by atoms with van der Waals surface area (Å²) in [6.07, 6.45) is 8.52. The highest BCUT2D eigenvalue weighted by molar-refractivity contribution is 7.21. The maximum absolute atomic E-state index is 14.1. The smallest absolute Gasteiger partial charge is 0.263 e. The summed E-state index contributed by atoms with van der Waals surface area (Å²) in [5.41, 5.74) is 2.10. The lowest BCUT2D eigenvalue weighted by atomic mass is 9.96. The third-order valence-electron chi connectivity index (χ3n) is 6.61. The molecule has 1 aliphatic carbocycles. The fourth-order valence-electron chi connectivity index (χ4n) is 4.54. The molecule has 0 saturated heterocycles. The second kappa shape index (κ2) is 13.1. The van der Waals surface area contributed by atoms with Gasteiger partial charge in [-0.25, -0.2) is 9.37 Å². The summed E-state index contributed by atoms with van der Waals surface area (Å²) in [7, 11) is 3.59. The molecule has 2 heterocycles. The van der Waals surface area contributed by atoms with Gasteiger partial charge < -0.3 is 15.4 Å². The van der Waals surface area contributed by atoms with Crippen LogP contribution in [0.3, 0.4) is 0 Å². The molecule has 5 rings (SSSR count). The first-order chi connectivity index (χ1) is 18.4. The summed E-state index contributed by atoms with van der Waals surface area (Å²) in [6, 6.07) is 13.8. The molecule has 0 spiro atoms. The second-order valence-corrected chi connectivity index (χ2v) is 10.5. The average molecular weight is 558 g/mol. The lowest BCUT2D eigenvalue weighted by Gasteiger charge is -2.20. The fourth-order valence-corrected chi connectivity index (χ4v) is 6.02. The van der Waals surface area contributed by atoms with E-state index < -0.39 is 17.7 Å². The maximum atomic E-state index is 14.1. The summed E-state index contributed by atoms with van der Waals surface area (Å²) in [5, 5.41) is 6.44. The van der Waals surface area contributed by atoms with Crippen molar-refractivity contribution in [1.82, 2.24) is 15.6 Å². The molecule has 0 atom stereocenters. The van der Waals surface area contributed by atoms with Gasteiger partial charge >= 0.3 is 0 Å². The van der Waals surface area contributed by atoms with Crippen molar-refractivity contribution in [2.45, 2.75) is 44.7 Å². The van der Waals surface area contributed by atoms with Crippen LogP contribution in [-0.2, 0) is 6.54 Å². The van der Waals surface area contributed by atoms with Gasteiger partial charge in [0, 0.05) is 40.5 Å². The van der Waals surface area contributed by atoms with Crippen LogP contribution in [0.25, 0.3) is 21.2 Å². The van der Waals surface area contributed by atoms with Crippen molar-refractivity contribution in [1.29, 1.82) is 0 Å². The molecule has 0 bridgehead atoms. The highest BCUT2D eigenvalue weighted by Crippen LogP contribution is 2.37. The Balaban J connectivity index is 0.000000360. The topological polar surface area (TPSA) is 63.2 Å². The molecule has 1 saturated carbocycles. The van der Waals surface area contributed by atoms with Crippen molar-refractivity contribution >= 4 is 38.9 Å². The summed E-state index contributed by atoms with van der Waals surface area (Å²) in [4.78, 5) is 16.5. The molecule has 1 fully saturated rings. The number of hydrogen-bond donors (Lipinski definition) is 2. The number of hydrogen-bond acceptors (Lipinski definition) is 5. The Morgan fingerprint density at radius 1 is 1.11 bits per heavy atom. The van der Waals surface area contributed by atoms with E-state index in [1.54, 1.807) is 36.4 Å². The number of carbonyl (C=O) groups is 1. The van der Waals surface area contributed by atoms with E-state index in [-0.39, 0.29) is 21.8 Å². The number of fused-ring (bicyclic) bond motifs is 1. The molecule has 1 aliphatic rings. The number of rotatable bonds is 6. The monoisotopic (exact) mass is 557 g/mol. The van der Waals surface area contributed by atoms with E-state index in [1.165, 1.54) is 57.5 Å². The summed E-state index contributed by atoms with van der Waals surface area (Å²) < 4.78 is 33.5. The number of nitrogens with one attached hydrogen (secondary N) is 2. The summed E-state index contributed by atoms with van der Waals surface area (Å²) >= 11 is 7.39. The Kier molecular flexibility index (Phi) is 9.66. The zero-order valence-corrected chi connectivity index (χ0v) is 22.9. The number of amides is 1. The largest absolute Gasteiger partial charge is 0.496 e. The predicted molar refractivity (Wildman–Crippen MR) is 150 cm³/mol. The maximum Gasteiger partial charge on any atom is 0.263 e. The van der Waals surface area contributed by atoms with E-state index in [4.69, 9.17) is 16.3 Å². The molecular formula is C29H30ClF2N3O2S. The van der Waals surface area contributed by atoms with Crippen molar-refractivity contribution in [2.24, 2.45) is 0 Å². The number of thiophene rings is 1. The molecule has 2 aromatic carbocycles. The number of pyridine rings is 1. The van der Waals surface area contributed by atoms with Gasteiger partial charge in [-0.2, -0.15) is 4.39 Å². The summed E-state index contributed by atoms with van der Waals surface area (Å²) in [6.45, 7) is 0.149. The number of aromatic nitrogens is 1. The van der Waals surface area contributed by atoms with E-state index in [1.807, 2.05) is 0 Å². The Bertz CT molecular complexity index is 1410. The Morgan fingerprint density at radius 3 is 2.53 bits per heavy atom. The Morgan fingerprint density at radius 2 is 1.87 bits per heavy atom. The molecule has 1 amide bonds. The van der Waals surface area contributed by atoms with Gasteiger partial charge in [0.15, 0.2) is 0 Å². The molecule has 2 aromatic heterocycles. The molecule has 200 valence electrons. The average Bonchev–Trinajstić information content (AvgIpc) is 3.29. The zero-order chi connectivity index (χ0) is 27.1. The van der Waals surface area contributed by atoms with Crippen LogP contribution in [0, 0.1) is 11.8 Å². The third-order valence-corrected chi connectivity index (χ3v) is 8.25. The SMILES string of the molecule is CNC1CCCCC1.COc1ccc(-c2ccnc(F)c2)cc1CNC(=O)c1sc2cccc(F)c2c1Cl. The number of benzene rings is 2. The lowest BCUT2D eigenvalue weighted by molar-refractivity contribution is 0.0955. The standard InChI is InChI=1S/C22H15ClF2N2O2S.C7H15N/c1-29-16-6-5-12(13-7-8-26-18(25)10-13)9-14(16)11-27-22(28)21-20(23)19-15(24)3-2-4-17(19)30-21;1-8-7-5-3-2-4-6-7/h2-10H,11H2,1H3,(H,27,28);7-8H,2-6H2,1H3.